The zero-order chi connectivity index (χ0) is 15.4. The summed E-state index contributed by atoms with van der Waals surface area (Å²) >= 11 is 5.28. The van der Waals surface area contributed by atoms with Gasteiger partial charge in [0.25, 0.3) is 0 Å². The molecule has 2 heterocycles. The highest BCUT2D eigenvalue weighted by Gasteiger charge is 2.21. The molecule has 8 heteroatoms. The molecule has 4 N–H and O–H groups in total. The zero-order valence-corrected chi connectivity index (χ0v) is 14.5. The Kier molecular flexibility index (Phi) is 5.22. The first kappa shape index (κ1) is 15.6. The highest BCUT2D eigenvalue weighted by Crippen LogP contribution is 2.20. The van der Waals surface area contributed by atoms with Gasteiger partial charge in [-0.2, -0.15) is 4.98 Å². The third-order valence-electron chi connectivity index (χ3n) is 3.65. The molecule has 0 bridgehead atoms. The number of anilines is 2. The molecular formula is C14H19BrN6S. The van der Waals surface area contributed by atoms with Gasteiger partial charge in [0.05, 0.1) is 0 Å². The summed E-state index contributed by atoms with van der Waals surface area (Å²) in [6.45, 7) is 1.90. The Bertz CT molecular complexity index is 611. The quantitative estimate of drug-likeness (QED) is 0.689. The molecule has 6 nitrogen and oxygen atoms in total. The van der Waals surface area contributed by atoms with Gasteiger partial charge in [-0.15, -0.1) is 5.10 Å². The summed E-state index contributed by atoms with van der Waals surface area (Å²) in [6, 6.07) is 8.96. The average molecular weight is 383 g/mol. The molecule has 3 rings (SSSR count). The lowest BCUT2D eigenvalue weighted by molar-refractivity contribution is 0.474. The summed E-state index contributed by atoms with van der Waals surface area (Å²) in [5, 5.41) is 6.79. The molecule has 2 aromatic rings. The molecule has 0 spiro atoms. The monoisotopic (exact) mass is 382 g/mol. The minimum atomic E-state index is 0.375. The third kappa shape index (κ3) is 4.15. The van der Waals surface area contributed by atoms with Crippen LogP contribution in [0.2, 0.25) is 0 Å². The zero-order valence-electron chi connectivity index (χ0n) is 12.1. The molecule has 1 aromatic carbocycles. The maximum atomic E-state index is 5.57. The Morgan fingerprint density at radius 3 is 2.91 bits per heavy atom. The first-order valence-corrected chi connectivity index (χ1v) is 9.03. The van der Waals surface area contributed by atoms with Crippen molar-refractivity contribution in [1.82, 2.24) is 19.9 Å². The van der Waals surface area contributed by atoms with Crippen LogP contribution in [0.4, 0.5) is 11.9 Å². The number of nitrogens with two attached hydrogens (primary N) is 1. The number of aromatic amines is 1. The summed E-state index contributed by atoms with van der Waals surface area (Å²) in [7, 11) is 0. The van der Waals surface area contributed by atoms with E-state index < -0.39 is 0 Å². The van der Waals surface area contributed by atoms with Crippen LogP contribution in [0.1, 0.15) is 18.4 Å². The van der Waals surface area contributed by atoms with E-state index in [1.807, 2.05) is 6.07 Å². The fourth-order valence-electron chi connectivity index (χ4n) is 2.47. The minimum absolute atomic E-state index is 0.375. The van der Waals surface area contributed by atoms with E-state index in [2.05, 4.69) is 58.9 Å². The Morgan fingerprint density at radius 2 is 2.23 bits per heavy atom. The van der Waals surface area contributed by atoms with Crippen LogP contribution in [0, 0.1) is 0 Å². The normalized spacial score (nSPS) is 16.1. The van der Waals surface area contributed by atoms with Gasteiger partial charge < -0.3 is 10.6 Å². The number of hydrogen-bond acceptors (Lipinski definition) is 6. The van der Waals surface area contributed by atoms with Gasteiger partial charge in [0, 0.05) is 29.4 Å². The SMILES string of the molecule is Nc1nc(N2CCC(NSCc3cccc(Br)c3)CC2)n[nH]1. The molecule has 1 aromatic heterocycles. The van der Waals surface area contributed by atoms with Gasteiger partial charge in [-0.05, 0) is 30.5 Å². The van der Waals surface area contributed by atoms with E-state index >= 15 is 0 Å². The van der Waals surface area contributed by atoms with Gasteiger partial charge in [-0.1, -0.05) is 40.0 Å². The predicted octanol–water partition coefficient (Wildman–Crippen LogP) is 2.56. The van der Waals surface area contributed by atoms with E-state index in [1.54, 1.807) is 11.9 Å². The van der Waals surface area contributed by atoms with Crippen molar-refractivity contribution in [1.29, 1.82) is 0 Å². The Balaban J connectivity index is 1.40. The van der Waals surface area contributed by atoms with Crippen molar-refractivity contribution in [2.75, 3.05) is 23.7 Å². The molecule has 22 heavy (non-hydrogen) atoms. The second kappa shape index (κ2) is 7.34. The maximum Gasteiger partial charge on any atom is 0.246 e. The summed E-state index contributed by atoms with van der Waals surface area (Å²) in [4.78, 5) is 6.35. The van der Waals surface area contributed by atoms with Crippen molar-refractivity contribution in [3.63, 3.8) is 0 Å². The topological polar surface area (TPSA) is 82.9 Å². The lowest BCUT2D eigenvalue weighted by Crippen LogP contribution is -2.41. The van der Waals surface area contributed by atoms with Gasteiger partial charge >= 0.3 is 0 Å². The molecule has 1 aliphatic rings. The van der Waals surface area contributed by atoms with E-state index in [0.29, 0.717) is 17.9 Å². The van der Waals surface area contributed by atoms with Crippen LogP contribution in [-0.4, -0.2) is 34.3 Å². The van der Waals surface area contributed by atoms with E-state index in [9.17, 15) is 0 Å². The second-order valence-corrected chi connectivity index (χ2v) is 7.05. The lowest BCUT2D eigenvalue weighted by atomic mass is 10.1. The second-order valence-electron chi connectivity index (χ2n) is 5.32. The molecule has 0 aliphatic carbocycles. The van der Waals surface area contributed by atoms with E-state index in [0.717, 1.165) is 36.2 Å². The number of hydrogen-bond donors (Lipinski definition) is 3. The number of nitrogens with zero attached hydrogens (tertiary/aromatic N) is 3. The van der Waals surface area contributed by atoms with Gasteiger partial charge in [0.15, 0.2) is 0 Å². The molecule has 1 aliphatic heterocycles. The highest BCUT2D eigenvalue weighted by atomic mass is 79.9. The number of benzene rings is 1. The van der Waals surface area contributed by atoms with Crippen molar-refractivity contribution >= 4 is 39.8 Å². The first-order chi connectivity index (χ1) is 10.7. The van der Waals surface area contributed by atoms with Crippen LogP contribution in [0.25, 0.3) is 0 Å². The van der Waals surface area contributed by atoms with Crippen molar-refractivity contribution in [2.45, 2.75) is 24.6 Å². The highest BCUT2D eigenvalue weighted by molar-refractivity contribution is 9.10. The van der Waals surface area contributed by atoms with Crippen LogP contribution in [-0.2, 0) is 5.75 Å². The Hall–Kier alpha value is -1.25. The van der Waals surface area contributed by atoms with Crippen molar-refractivity contribution < 1.29 is 0 Å². The van der Waals surface area contributed by atoms with E-state index in [-0.39, 0.29) is 0 Å². The molecule has 1 fully saturated rings. The standard InChI is InChI=1S/C14H19BrN6S/c15-11-3-1-2-10(8-11)9-22-20-12-4-6-21(7-5-12)14-17-13(16)18-19-14/h1-3,8,12,20H,4-7,9H2,(H3,16,17,18,19). The fourth-order valence-corrected chi connectivity index (χ4v) is 3.82. The number of nitrogen functional groups attached to an aromatic ring is 1. The molecule has 0 saturated carbocycles. The van der Waals surface area contributed by atoms with Gasteiger partial charge in [0.2, 0.25) is 11.9 Å². The largest absolute Gasteiger partial charge is 0.368 e. The van der Waals surface area contributed by atoms with Gasteiger partial charge in [0.1, 0.15) is 0 Å². The van der Waals surface area contributed by atoms with Crippen LogP contribution in [0.15, 0.2) is 28.7 Å². The molecule has 118 valence electrons. The smallest absolute Gasteiger partial charge is 0.246 e. The molecule has 0 radical (unpaired) electrons. The first-order valence-electron chi connectivity index (χ1n) is 7.25. The van der Waals surface area contributed by atoms with Crippen LogP contribution in [0.5, 0.6) is 0 Å². The van der Waals surface area contributed by atoms with Crippen LogP contribution < -0.4 is 15.4 Å². The van der Waals surface area contributed by atoms with Crippen LogP contribution in [0.3, 0.4) is 0 Å². The van der Waals surface area contributed by atoms with Crippen molar-refractivity contribution in [3.8, 4) is 0 Å². The van der Waals surface area contributed by atoms with Crippen LogP contribution >= 0.6 is 27.9 Å². The Morgan fingerprint density at radius 1 is 1.41 bits per heavy atom. The number of halogens is 1. The third-order valence-corrected chi connectivity index (χ3v) is 5.12. The summed E-state index contributed by atoms with van der Waals surface area (Å²) in [6.07, 6.45) is 2.17. The fraction of sp³-hybridized carbons (Fsp3) is 0.429. The average Bonchev–Trinajstić information content (AvgIpc) is 2.95. The number of H-pyrrole nitrogens is 1. The summed E-state index contributed by atoms with van der Waals surface area (Å²) < 4.78 is 4.70. The molecule has 1 saturated heterocycles. The predicted molar refractivity (Wildman–Crippen MR) is 94.6 cm³/mol. The number of nitrogens with one attached hydrogen (secondary N) is 2. The van der Waals surface area contributed by atoms with Crippen molar-refractivity contribution in [3.05, 3.63) is 34.3 Å². The van der Waals surface area contributed by atoms with E-state index in [1.165, 1.54) is 5.56 Å². The number of aromatic nitrogens is 3. The molecule has 0 amide bonds. The minimum Gasteiger partial charge on any atom is -0.368 e. The van der Waals surface area contributed by atoms with E-state index in [4.69, 9.17) is 5.73 Å². The van der Waals surface area contributed by atoms with Gasteiger partial charge in [-0.3, -0.25) is 4.72 Å². The maximum absolute atomic E-state index is 5.57. The number of piperidine rings is 1. The summed E-state index contributed by atoms with van der Waals surface area (Å²) in [5.41, 5.74) is 6.89. The molecule has 0 unspecified atom stereocenters. The van der Waals surface area contributed by atoms with Crippen molar-refractivity contribution in [2.24, 2.45) is 0 Å². The molecular weight excluding hydrogens is 364 g/mol. The van der Waals surface area contributed by atoms with Gasteiger partial charge in [-0.25, -0.2) is 5.10 Å². The summed E-state index contributed by atoms with van der Waals surface area (Å²) in [5.74, 6) is 2.05. The number of rotatable bonds is 5. The Labute approximate surface area is 142 Å². The molecule has 0 atom stereocenters. The lowest BCUT2D eigenvalue weighted by Gasteiger charge is -2.31.